The summed E-state index contributed by atoms with van der Waals surface area (Å²) in [5, 5.41) is 14.8. The van der Waals surface area contributed by atoms with Gasteiger partial charge in [0.25, 0.3) is 0 Å². The largest absolute Gasteiger partial charge is 0.490 e. The fourth-order valence-electron chi connectivity index (χ4n) is 4.49. The summed E-state index contributed by atoms with van der Waals surface area (Å²) in [6, 6.07) is 2.57. The third-order valence-corrected chi connectivity index (χ3v) is 6.20. The lowest BCUT2D eigenvalue weighted by atomic mass is 9.98. The van der Waals surface area contributed by atoms with E-state index in [1.807, 2.05) is 11.1 Å². The summed E-state index contributed by atoms with van der Waals surface area (Å²) in [5.41, 5.74) is 1.29. The fraction of sp³-hybridized carbons (Fsp3) is 0.762. The summed E-state index contributed by atoms with van der Waals surface area (Å²) in [7, 11) is 0. The molecule has 186 valence electrons. The maximum atomic E-state index is 12.2. The first kappa shape index (κ1) is 25.3. The van der Waals surface area contributed by atoms with E-state index in [9.17, 15) is 18.0 Å². The van der Waals surface area contributed by atoms with Gasteiger partial charge in [0, 0.05) is 58.7 Å². The number of carbonyl (C=O) groups excluding carboxylic acids is 1. The van der Waals surface area contributed by atoms with Gasteiger partial charge in [-0.15, -0.1) is 0 Å². The molecule has 1 atom stereocenters. The van der Waals surface area contributed by atoms with Gasteiger partial charge in [-0.05, 0) is 44.1 Å². The highest BCUT2D eigenvalue weighted by molar-refractivity contribution is 5.74. The van der Waals surface area contributed by atoms with Crippen LogP contribution in [0.3, 0.4) is 0 Å². The molecule has 9 nitrogen and oxygen atoms in total. The zero-order valence-corrected chi connectivity index (χ0v) is 18.6. The lowest BCUT2D eigenvalue weighted by Crippen LogP contribution is -2.43. The fourth-order valence-corrected chi connectivity index (χ4v) is 4.49. The van der Waals surface area contributed by atoms with E-state index in [1.54, 1.807) is 0 Å². The Morgan fingerprint density at radius 3 is 2.52 bits per heavy atom. The molecule has 0 bridgehead atoms. The number of hydrogen-bond donors (Lipinski definition) is 2. The summed E-state index contributed by atoms with van der Waals surface area (Å²) in [6.45, 7) is 7.47. The summed E-state index contributed by atoms with van der Waals surface area (Å²) < 4.78 is 39.4. The highest BCUT2D eigenvalue weighted by Gasteiger charge is 2.38. The first-order chi connectivity index (χ1) is 15.7. The van der Waals surface area contributed by atoms with Crippen LogP contribution in [0, 0.1) is 5.92 Å². The standard InChI is InChI=1S/C19H31N5O2.C2HF3O2/c25-19(23-9-1-2-10-23)20-7-3-17-14-22(13-16-5-11-26-12-6-16)15-18-4-8-21-24(17)18;3-2(4,5)1(6)7/h4,8,16-17H,1-3,5-7,9-15H2,(H,20,25);(H,6,7). The number of rotatable bonds is 5. The van der Waals surface area contributed by atoms with Crippen molar-refractivity contribution in [2.24, 2.45) is 5.92 Å². The molecule has 2 amide bonds. The normalized spacial score (nSPS) is 21.8. The smallest absolute Gasteiger partial charge is 0.475 e. The molecule has 0 aromatic carbocycles. The van der Waals surface area contributed by atoms with Crippen molar-refractivity contribution in [3.63, 3.8) is 0 Å². The molecule has 1 unspecified atom stereocenters. The molecular formula is C21H32F3N5O4. The van der Waals surface area contributed by atoms with E-state index in [0.717, 1.165) is 71.1 Å². The van der Waals surface area contributed by atoms with E-state index in [1.165, 1.54) is 18.5 Å². The molecule has 1 aromatic heterocycles. The van der Waals surface area contributed by atoms with Crippen LogP contribution in [0.2, 0.25) is 0 Å². The van der Waals surface area contributed by atoms with Crippen LogP contribution < -0.4 is 5.32 Å². The Hall–Kier alpha value is -2.34. The predicted molar refractivity (Wildman–Crippen MR) is 113 cm³/mol. The van der Waals surface area contributed by atoms with Crippen LogP contribution in [-0.2, 0) is 16.1 Å². The molecule has 33 heavy (non-hydrogen) atoms. The molecule has 4 rings (SSSR count). The molecule has 3 aliphatic heterocycles. The lowest BCUT2D eigenvalue weighted by molar-refractivity contribution is -0.192. The van der Waals surface area contributed by atoms with Crippen molar-refractivity contribution in [3.05, 3.63) is 18.0 Å². The van der Waals surface area contributed by atoms with E-state index in [2.05, 4.69) is 26.1 Å². The molecule has 12 heteroatoms. The van der Waals surface area contributed by atoms with Gasteiger partial charge in [-0.2, -0.15) is 18.3 Å². The number of carboxylic acid groups (broad SMARTS) is 1. The van der Waals surface area contributed by atoms with Crippen LogP contribution in [0.25, 0.3) is 0 Å². The van der Waals surface area contributed by atoms with Crippen molar-refractivity contribution in [3.8, 4) is 0 Å². The molecule has 0 aliphatic carbocycles. The zero-order chi connectivity index (χ0) is 23.8. The minimum Gasteiger partial charge on any atom is -0.475 e. The number of fused-ring (bicyclic) bond motifs is 1. The van der Waals surface area contributed by atoms with Gasteiger partial charge in [-0.1, -0.05) is 0 Å². The molecule has 1 aromatic rings. The maximum Gasteiger partial charge on any atom is 0.490 e. The number of aliphatic carboxylic acids is 1. The van der Waals surface area contributed by atoms with Crippen molar-refractivity contribution < 1.29 is 32.6 Å². The Balaban J connectivity index is 0.000000383. The molecule has 0 spiro atoms. The Labute approximate surface area is 190 Å². The number of carboxylic acids is 1. The average Bonchev–Trinajstić information content (AvgIpc) is 3.46. The number of urea groups is 1. The van der Waals surface area contributed by atoms with Gasteiger partial charge in [-0.3, -0.25) is 9.58 Å². The van der Waals surface area contributed by atoms with Gasteiger partial charge < -0.3 is 20.1 Å². The number of hydrogen-bond acceptors (Lipinski definition) is 5. The van der Waals surface area contributed by atoms with Crippen molar-refractivity contribution in [2.45, 2.75) is 50.9 Å². The number of ether oxygens (including phenoxy) is 1. The summed E-state index contributed by atoms with van der Waals surface area (Å²) in [5.74, 6) is -2.01. The number of carbonyl (C=O) groups is 2. The first-order valence-electron chi connectivity index (χ1n) is 11.4. The number of aromatic nitrogens is 2. The van der Waals surface area contributed by atoms with Crippen LogP contribution in [0.15, 0.2) is 12.3 Å². The topological polar surface area (TPSA) is 99.9 Å². The molecule has 0 saturated carbocycles. The van der Waals surface area contributed by atoms with Crippen LogP contribution in [-0.4, -0.2) is 88.8 Å². The van der Waals surface area contributed by atoms with E-state index >= 15 is 0 Å². The van der Waals surface area contributed by atoms with Crippen molar-refractivity contribution >= 4 is 12.0 Å². The minimum atomic E-state index is -5.08. The second-order valence-corrected chi connectivity index (χ2v) is 8.69. The van der Waals surface area contributed by atoms with Crippen molar-refractivity contribution in [1.29, 1.82) is 0 Å². The second kappa shape index (κ2) is 11.7. The molecule has 4 heterocycles. The minimum absolute atomic E-state index is 0.0954. The second-order valence-electron chi connectivity index (χ2n) is 8.69. The highest BCUT2D eigenvalue weighted by atomic mass is 19.4. The van der Waals surface area contributed by atoms with Gasteiger partial charge in [0.2, 0.25) is 0 Å². The average molecular weight is 476 g/mol. The highest BCUT2D eigenvalue weighted by Crippen LogP contribution is 2.25. The molecule has 2 fully saturated rings. The van der Waals surface area contributed by atoms with Crippen molar-refractivity contribution in [1.82, 2.24) is 24.9 Å². The van der Waals surface area contributed by atoms with E-state index in [0.29, 0.717) is 12.6 Å². The summed E-state index contributed by atoms with van der Waals surface area (Å²) in [6.07, 6.45) is 2.36. The van der Waals surface area contributed by atoms with Crippen molar-refractivity contribution in [2.75, 3.05) is 45.9 Å². The van der Waals surface area contributed by atoms with Gasteiger partial charge in [-0.25, -0.2) is 9.59 Å². The van der Waals surface area contributed by atoms with Gasteiger partial charge in [0.05, 0.1) is 11.7 Å². The molecule has 2 saturated heterocycles. The van der Waals surface area contributed by atoms with Gasteiger partial charge in [0.1, 0.15) is 0 Å². The van der Waals surface area contributed by atoms with E-state index in [4.69, 9.17) is 14.6 Å². The Bertz CT molecular complexity index is 776. The Kier molecular flexibility index (Phi) is 8.95. The van der Waals surface area contributed by atoms with Crippen LogP contribution in [0.1, 0.15) is 43.8 Å². The number of amides is 2. The van der Waals surface area contributed by atoms with Crippen LogP contribution in [0.5, 0.6) is 0 Å². The third kappa shape index (κ3) is 7.60. The lowest BCUT2D eigenvalue weighted by Gasteiger charge is -2.36. The third-order valence-electron chi connectivity index (χ3n) is 6.20. The summed E-state index contributed by atoms with van der Waals surface area (Å²) in [4.78, 5) is 25.6. The van der Waals surface area contributed by atoms with Crippen LogP contribution >= 0.6 is 0 Å². The molecule has 0 radical (unpaired) electrons. The summed E-state index contributed by atoms with van der Waals surface area (Å²) >= 11 is 0. The van der Waals surface area contributed by atoms with E-state index in [-0.39, 0.29) is 6.03 Å². The number of likely N-dealkylation sites (tertiary alicyclic amines) is 1. The first-order valence-corrected chi connectivity index (χ1v) is 11.4. The molecule has 3 aliphatic rings. The maximum absolute atomic E-state index is 12.2. The number of nitrogens with one attached hydrogen (secondary N) is 1. The monoisotopic (exact) mass is 475 g/mol. The number of nitrogens with zero attached hydrogens (tertiary/aromatic N) is 4. The number of alkyl halides is 3. The SMILES string of the molecule is O=C(NCCC1CN(CC2CCOCC2)Cc2ccnn21)N1CCCC1.O=C(O)C(F)(F)F. The molecular weight excluding hydrogens is 443 g/mol. The molecule has 2 N–H and O–H groups in total. The van der Waals surface area contributed by atoms with Crippen LogP contribution in [0.4, 0.5) is 18.0 Å². The Morgan fingerprint density at radius 2 is 1.88 bits per heavy atom. The zero-order valence-electron chi connectivity index (χ0n) is 18.6. The van der Waals surface area contributed by atoms with E-state index < -0.39 is 12.1 Å². The number of halogens is 3. The van der Waals surface area contributed by atoms with Gasteiger partial charge in [0.15, 0.2) is 0 Å². The predicted octanol–water partition coefficient (Wildman–Crippen LogP) is 2.50. The Morgan fingerprint density at radius 1 is 1.21 bits per heavy atom. The quantitative estimate of drug-likeness (QED) is 0.679. The van der Waals surface area contributed by atoms with Gasteiger partial charge >= 0.3 is 18.2 Å².